The molecular weight excluding hydrogens is 245 g/mol. The van der Waals surface area contributed by atoms with Gasteiger partial charge in [0.1, 0.15) is 11.6 Å². The fourth-order valence-corrected chi connectivity index (χ4v) is 1.60. The average Bonchev–Trinajstić information content (AvgIpc) is 2.37. The molecule has 0 spiro atoms. The summed E-state index contributed by atoms with van der Waals surface area (Å²) < 4.78 is 18.3. The summed E-state index contributed by atoms with van der Waals surface area (Å²) in [4.78, 5) is 11.9. The van der Waals surface area contributed by atoms with Crippen LogP contribution in [-0.2, 0) is 4.79 Å². The number of halogens is 1. The van der Waals surface area contributed by atoms with Crippen LogP contribution in [0.5, 0.6) is 5.75 Å². The van der Waals surface area contributed by atoms with Gasteiger partial charge in [0, 0.05) is 6.54 Å². The van der Waals surface area contributed by atoms with E-state index in [1.165, 1.54) is 24.3 Å². The van der Waals surface area contributed by atoms with Crippen molar-refractivity contribution in [1.29, 1.82) is 0 Å². The van der Waals surface area contributed by atoms with Gasteiger partial charge in [0.05, 0.1) is 0 Å². The van der Waals surface area contributed by atoms with Crippen molar-refractivity contribution < 1.29 is 13.9 Å². The van der Waals surface area contributed by atoms with Gasteiger partial charge in [0.25, 0.3) is 5.91 Å². The molecule has 1 aromatic rings. The summed E-state index contributed by atoms with van der Waals surface area (Å²) in [7, 11) is 0. The first-order chi connectivity index (χ1) is 9.02. The monoisotopic (exact) mass is 267 g/mol. The van der Waals surface area contributed by atoms with E-state index in [9.17, 15) is 9.18 Å². The summed E-state index contributed by atoms with van der Waals surface area (Å²) in [6.45, 7) is 6.76. The maximum absolute atomic E-state index is 12.8. The molecule has 0 aliphatic rings. The topological polar surface area (TPSA) is 38.3 Å². The Morgan fingerprint density at radius 3 is 2.47 bits per heavy atom. The van der Waals surface area contributed by atoms with E-state index in [-0.39, 0.29) is 11.7 Å². The molecule has 0 radical (unpaired) electrons. The van der Waals surface area contributed by atoms with E-state index in [2.05, 4.69) is 19.2 Å². The predicted molar refractivity (Wildman–Crippen MR) is 73.6 cm³/mol. The number of carbonyl (C=O) groups excluding carboxylic acids is 1. The fourth-order valence-electron chi connectivity index (χ4n) is 1.60. The normalized spacial score (nSPS) is 12.3. The Morgan fingerprint density at radius 2 is 1.95 bits per heavy atom. The van der Waals surface area contributed by atoms with E-state index in [0.29, 0.717) is 24.6 Å². The van der Waals surface area contributed by atoms with Crippen LogP contribution in [0.15, 0.2) is 24.3 Å². The van der Waals surface area contributed by atoms with Crippen molar-refractivity contribution in [3.05, 3.63) is 30.1 Å². The van der Waals surface area contributed by atoms with Crippen LogP contribution in [0.2, 0.25) is 0 Å². The number of amides is 1. The Balaban J connectivity index is 2.48. The lowest BCUT2D eigenvalue weighted by Gasteiger charge is -2.17. The first-order valence-electron chi connectivity index (χ1n) is 6.72. The van der Waals surface area contributed by atoms with E-state index in [1.54, 1.807) is 0 Å². The molecule has 1 unspecified atom stereocenters. The maximum atomic E-state index is 12.8. The van der Waals surface area contributed by atoms with Gasteiger partial charge in [-0.3, -0.25) is 4.79 Å². The number of benzene rings is 1. The van der Waals surface area contributed by atoms with Crippen molar-refractivity contribution in [1.82, 2.24) is 5.32 Å². The van der Waals surface area contributed by atoms with Crippen LogP contribution in [0.25, 0.3) is 0 Å². The molecular formula is C15H22FNO2. The summed E-state index contributed by atoms with van der Waals surface area (Å²) in [5.74, 6) is 0.625. The molecule has 0 bridgehead atoms. The quantitative estimate of drug-likeness (QED) is 0.824. The van der Waals surface area contributed by atoms with Crippen LogP contribution < -0.4 is 10.1 Å². The van der Waals surface area contributed by atoms with Gasteiger partial charge in [0.15, 0.2) is 6.10 Å². The molecule has 1 amide bonds. The van der Waals surface area contributed by atoms with Crippen LogP contribution in [-0.4, -0.2) is 18.6 Å². The zero-order valence-electron chi connectivity index (χ0n) is 11.8. The molecule has 0 aliphatic carbocycles. The van der Waals surface area contributed by atoms with Crippen molar-refractivity contribution in [2.45, 2.75) is 39.7 Å². The third-order valence-corrected chi connectivity index (χ3v) is 2.78. The average molecular weight is 267 g/mol. The predicted octanol–water partition coefficient (Wildman–Crippen LogP) is 3.15. The molecule has 0 aromatic heterocycles. The molecule has 1 aromatic carbocycles. The molecule has 0 fully saturated rings. The van der Waals surface area contributed by atoms with Crippen LogP contribution in [0.3, 0.4) is 0 Å². The van der Waals surface area contributed by atoms with E-state index in [0.717, 1.165) is 6.42 Å². The van der Waals surface area contributed by atoms with Crippen LogP contribution in [0.4, 0.5) is 4.39 Å². The second-order valence-electron chi connectivity index (χ2n) is 4.94. The SMILES string of the molecule is CCC(Oc1ccc(F)cc1)C(=O)NCCC(C)C. The number of carbonyl (C=O) groups is 1. The van der Waals surface area contributed by atoms with Crippen molar-refractivity contribution in [2.75, 3.05) is 6.54 Å². The second-order valence-corrected chi connectivity index (χ2v) is 4.94. The lowest BCUT2D eigenvalue weighted by atomic mass is 10.1. The third-order valence-electron chi connectivity index (χ3n) is 2.78. The van der Waals surface area contributed by atoms with Crippen LogP contribution in [0, 0.1) is 11.7 Å². The van der Waals surface area contributed by atoms with Gasteiger partial charge in [-0.15, -0.1) is 0 Å². The highest BCUT2D eigenvalue weighted by molar-refractivity contribution is 5.81. The highest BCUT2D eigenvalue weighted by atomic mass is 19.1. The minimum atomic E-state index is -0.530. The van der Waals surface area contributed by atoms with Crippen molar-refractivity contribution in [3.8, 4) is 5.75 Å². The molecule has 3 nitrogen and oxygen atoms in total. The molecule has 1 rings (SSSR count). The number of hydrogen-bond acceptors (Lipinski definition) is 2. The highest BCUT2D eigenvalue weighted by Gasteiger charge is 2.17. The van der Waals surface area contributed by atoms with Gasteiger partial charge in [-0.1, -0.05) is 20.8 Å². The summed E-state index contributed by atoms with van der Waals surface area (Å²) >= 11 is 0. The molecule has 0 saturated heterocycles. The van der Waals surface area contributed by atoms with E-state index >= 15 is 0 Å². The number of nitrogens with one attached hydrogen (secondary N) is 1. The zero-order valence-corrected chi connectivity index (χ0v) is 11.8. The fraction of sp³-hybridized carbons (Fsp3) is 0.533. The summed E-state index contributed by atoms with van der Waals surface area (Å²) in [6, 6.07) is 5.69. The van der Waals surface area contributed by atoms with E-state index < -0.39 is 6.10 Å². The summed E-state index contributed by atoms with van der Waals surface area (Å²) in [5, 5.41) is 2.86. The number of hydrogen-bond donors (Lipinski definition) is 1. The minimum absolute atomic E-state index is 0.118. The Morgan fingerprint density at radius 1 is 1.32 bits per heavy atom. The number of ether oxygens (including phenoxy) is 1. The molecule has 106 valence electrons. The van der Waals surface area contributed by atoms with Gasteiger partial charge in [-0.05, 0) is 43.0 Å². The Hall–Kier alpha value is -1.58. The van der Waals surface area contributed by atoms with Crippen molar-refractivity contribution in [3.63, 3.8) is 0 Å². The molecule has 0 aliphatic heterocycles. The first-order valence-corrected chi connectivity index (χ1v) is 6.72. The molecule has 4 heteroatoms. The van der Waals surface area contributed by atoms with Gasteiger partial charge in [-0.25, -0.2) is 4.39 Å². The molecule has 0 saturated carbocycles. The van der Waals surface area contributed by atoms with E-state index in [1.807, 2.05) is 6.92 Å². The lowest BCUT2D eigenvalue weighted by molar-refractivity contribution is -0.128. The lowest BCUT2D eigenvalue weighted by Crippen LogP contribution is -2.38. The first kappa shape index (κ1) is 15.5. The second kappa shape index (κ2) is 7.77. The molecule has 1 N–H and O–H groups in total. The van der Waals surface area contributed by atoms with E-state index in [4.69, 9.17) is 4.74 Å². The Kier molecular flexibility index (Phi) is 6.33. The largest absolute Gasteiger partial charge is 0.481 e. The van der Waals surface area contributed by atoms with Crippen LogP contribution in [0.1, 0.15) is 33.6 Å². The minimum Gasteiger partial charge on any atom is -0.481 e. The Bertz CT molecular complexity index is 390. The maximum Gasteiger partial charge on any atom is 0.261 e. The summed E-state index contributed by atoms with van der Waals surface area (Å²) in [5.41, 5.74) is 0. The van der Waals surface area contributed by atoms with Gasteiger partial charge in [0.2, 0.25) is 0 Å². The zero-order chi connectivity index (χ0) is 14.3. The smallest absolute Gasteiger partial charge is 0.261 e. The number of rotatable bonds is 7. The molecule has 0 heterocycles. The Labute approximate surface area is 114 Å². The molecule has 19 heavy (non-hydrogen) atoms. The van der Waals surface area contributed by atoms with Gasteiger partial charge >= 0.3 is 0 Å². The summed E-state index contributed by atoms with van der Waals surface area (Å²) in [6.07, 6.45) is 0.987. The van der Waals surface area contributed by atoms with Gasteiger partial charge in [-0.2, -0.15) is 0 Å². The standard InChI is InChI=1S/C15H22FNO2/c1-4-14(15(18)17-10-9-11(2)3)19-13-7-5-12(16)6-8-13/h5-8,11,14H,4,9-10H2,1-3H3,(H,17,18). The molecule has 1 atom stereocenters. The van der Waals surface area contributed by atoms with Crippen molar-refractivity contribution in [2.24, 2.45) is 5.92 Å². The highest BCUT2D eigenvalue weighted by Crippen LogP contribution is 2.14. The van der Waals surface area contributed by atoms with Gasteiger partial charge < -0.3 is 10.1 Å². The van der Waals surface area contributed by atoms with Crippen LogP contribution >= 0.6 is 0 Å². The third kappa shape index (κ3) is 5.73. The van der Waals surface area contributed by atoms with Crippen molar-refractivity contribution >= 4 is 5.91 Å².